The van der Waals surface area contributed by atoms with Gasteiger partial charge in [0, 0.05) is 26.8 Å². The molecule has 1 saturated heterocycles. The van der Waals surface area contributed by atoms with Crippen LogP contribution in [0.25, 0.3) is 0 Å². The third kappa shape index (κ3) is 8.39. The molecule has 42 heavy (non-hydrogen) atoms. The number of alkyl halides is 3. The summed E-state index contributed by atoms with van der Waals surface area (Å²) in [7, 11) is 0. The largest absolute Gasteiger partial charge is 0.463 e. The van der Waals surface area contributed by atoms with E-state index in [-0.39, 0.29) is 5.75 Å². The van der Waals surface area contributed by atoms with Crippen LogP contribution in [0.4, 0.5) is 18.9 Å². The van der Waals surface area contributed by atoms with Gasteiger partial charge in [0.2, 0.25) is 12.4 Å². The number of aryl methyl sites for hydroxylation is 1. The molecule has 0 aromatic heterocycles. The Morgan fingerprint density at radius 3 is 2.07 bits per heavy atom. The molecule has 1 aliphatic rings. The number of carbonyl (C=O) groups excluding carboxylic acids is 3. The molecule has 0 amide bonds. The minimum absolute atomic E-state index is 0.197. The van der Waals surface area contributed by atoms with E-state index in [0.717, 1.165) is 44.5 Å². The first kappa shape index (κ1) is 32.3. The number of benzene rings is 2. The highest BCUT2D eigenvalue weighted by Crippen LogP contribution is 2.43. The Morgan fingerprint density at radius 1 is 0.929 bits per heavy atom. The summed E-state index contributed by atoms with van der Waals surface area (Å²) in [5.41, 5.74) is -0.880. The van der Waals surface area contributed by atoms with E-state index in [1.54, 1.807) is 24.3 Å². The van der Waals surface area contributed by atoms with Gasteiger partial charge in [-0.05, 0) is 25.1 Å². The summed E-state index contributed by atoms with van der Waals surface area (Å²) >= 11 is 0. The van der Waals surface area contributed by atoms with E-state index in [9.17, 15) is 37.7 Å². The molecule has 2 aromatic carbocycles. The van der Waals surface area contributed by atoms with E-state index in [0.29, 0.717) is 0 Å². The zero-order chi connectivity index (χ0) is 31.2. The number of rotatable bonds is 10. The summed E-state index contributed by atoms with van der Waals surface area (Å²) in [6.07, 6.45) is -16.8. The third-order valence-electron chi connectivity index (χ3n) is 5.93. The zero-order valence-electron chi connectivity index (χ0n) is 22.9. The van der Waals surface area contributed by atoms with Crippen molar-refractivity contribution in [3.63, 3.8) is 0 Å². The molecule has 0 saturated carbocycles. The predicted octanol–water partition coefficient (Wildman–Crippen LogP) is 4.12. The number of halogens is 3. The van der Waals surface area contributed by atoms with Gasteiger partial charge in [-0.2, -0.15) is 13.2 Å². The fourth-order valence-electron chi connectivity index (χ4n) is 4.22. The molecule has 0 radical (unpaired) electrons. The molecule has 0 N–H and O–H groups in total. The van der Waals surface area contributed by atoms with E-state index in [1.807, 2.05) is 6.92 Å². The van der Waals surface area contributed by atoms with Gasteiger partial charge >= 0.3 is 24.1 Å². The topological polar surface area (TPSA) is 150 Å². The Bertz CT molecular complexity index is 1280. The summed E-state index contributed by atoms with van der Waals surface area (Å²) in [4.78, 5) is 46.4. The number of hydrogen-bond acceptors (Lipinski definition) is 11. The van der Waals surface area contributed by atoms with Crippen LogP contribution < -0.4 is 4.74 Å². The summed E-state index contributed by atoms with van der Waals surface area (Å²) in [6, 6.07) is 10.5. The standard InChI is InChI=1S/C27H28F3NO11/c1-14-9-11-18(12-10-14)40-26-24(39-17(4)34)23(38-16(3)33)22(21(41-26)13-37-15(2)32)42-25(27(28,29)30)19-7-5-6-8-20(19)31(35)36/h5-12,21-26H,13H2,1-4H3/t21-,22+,23+,24-,25?,26+/m1/s1. The highest BCUT2D eigenvalue weighted by molar-refractivity contribution is 5.67. The molecule has 1 heterocycles. The number of carbonyl (C=O) groups is 3. The molecule has 15 heteroatoms. The molecule has 0 aliphatic carbocycles. The molecule has 0 spiro atoms. The van der Waals surface area contributed by atoms with Crippen LogP contribution in [0.5, 0.6) is 5.75 Å². The third-order valence-corrected chi connectivity index (χ3v) is 5.93. The molecular weight excluding hydrogens is 571 g/mol. The predicted molar refractivity (Wildman–Crippen MR) is 135 cm³/mol. The average Bonchev–Trinajstić information content (AvgIpc) is 2.88. The van der Waals surface area contributed by atoms with Crippen LogP contribution in [0, 0.1) is 17.0 Å². The van der Waals surface area contributed by atoms with E-state index >= 15 is 0 Å². The number of hydrogen-bond donors (Lipinski definition) is 0. The van der Waals surface area contributed by atoms with Gasteiger partial charge in [-0.3, -0.25) is 24.5 Å². The Hall–Kier alpha value is -4.24. The van der Waals surface area contributed by atoms with Gasteiger partial charge in [0.15, 0.2) is 12.2 Å². The lowest BCUT2D eigenvalue weighted by Crippen LogP contribution is -2.63. The number of ether oxygens (including phenoxy) is 6. The first-order valence-corrected chi connectivity index (χ1v) is 12.5. The molecule has 12 nitrogen and oxygen atoms in total. The van der Waals surface area contributed by atoms with Crippen molar-refractivity contribution in [2.24, 2.45) is 0 Å². The molecule has 1 aliphatic heterocycles. The second-order valence-electron chi connectivity index (χ2n) is 9.26. The monoisotopic (exact) mass is 599 g/mol. The van der Waals surface area contributed by atoms with Gasteiger partial charge in [0.1, 0.15) is 24.6 Å². The fourth-order valence-corrected chi connectivity index (χ4v) is 4.22. The highest BCUT2D eigenvalue weighted by Gasteiger charge is 2.56. The number of nitro groups is 1. The van der Waals surface area contributed by atoms with Crippen molar-refractivity contribution < 1.29 is 60.9 Å². The Balaban J connectivity index is 2.13. The summed E-state index contributed by atoms with van der Waals surface area (Å²) < 4.78 is 76.1. The number of esters is 3. The molecule has 0 bridgehead atoms. The Kier molecular flexibility index (Phi) is 10.5. The van der Waals surface area contributed by atoms with Gasteiger partial charge in [-0.15, -0.1) is 0 Å². The fraction of sp³-hybridized carbons (Fsp3) is 0.444. The van der Waals surface area contributed by atoms with E-state index < -0.39 is 83.7 Å². The van der Waals surface area contributed by atoms with Crippen LogP contribution in [0.1, 0.15) is 38.0 Å². The molecule has 2 aromatic rings. The average molecular weight is 600 g/mol. The lowest BCUT2D eigenvalue weighted by molar-refractivity contribution is -0.388. The lowest BCUT2D eigenvalue weighted by Gasteiger charge is -2.45. The lowest BCUT2D eigenvalue weighted by atomic mass is 9.97. The van der Waals surface area contributed by atoms with Gasteiger partial charge in [0.25, 0.3) is 5.69 Å². The Morgan fingerprint density at radius 2 is 1.52 bits per heavy atom. The smallest absolute Gasteiger partial charge is 0.419 e. The minimum Gasteiger partial charge on any atom is -0.463 e. The van der Waals surface area contributed by atoms with Crippen LogP contribution >= 0.6 is 0 Å². The summed E-state index contributed by atoms with van der Waals surface area (Å²) in [6.45, 7) is 4.10. The molecule has 1 fully saturated rings. The highest BCUT2D eigenvalue weighted by atomic mass is 19.4. The minimum atomic E-state index is -5.23. The molecule has 6 atom stereocenters. The van der Waals surface area contributed by atoms with Crippen molar-refractivity contribution in [2.75, 3.05) is 6.61 Å². The number of para-hydroxylation sites is 1. The normalized spacial score (nSPS) is 22.9. The number of nitrogens with zero attached hydrogens (tertiary/aromatic N) is 1. The maximum Gasteiger partial charge on any atom is 0.419 e. The Labute approximate surface area is 237 Å². The van der Waals surface area contributed by atoms with Crippen LogP contribution in [0.2, 0.25) is 0 Å². The van der Waals surface area contributed by atoms with Crippen LogP contribution in [-0.2, 0) is 38.1 Å². The van der Waals surface area contributed by atoms with Crippen molar-refractivity contribution in [3.05, 3.63) is 69.8 Å². The first-order valence-electron chi connectivity index (χ1n) is 12.5. The quantitative estimate of drug-likeness (QED) is 0.168. The van der Waals surface area contributed by atoms with Crippen molar-refractivity contribution in [1.29, 1.82) is 0 Å². The van der Waals surface area contributed by atoms with Gasteiger partial charge < -0.3 is 28.4 Å². The van der Waals surface area contributed by atoms with Crippen molar-refractivity contribution >= 4 is 23.6 Å². The first-order chi connectivity index (χ1) is 19.7. The maximum atomic E-state index is 14.4. The van der Waals surface area contributed by atoms with Crippen molar-refractivity contribution in [2.45, 2.75) is 70.7 Å². The molecule has 3 rings (SSSR count). The van der Waals surface area contributed by atoms with E-state index in [1.165, 1.54) is 6.07 Å². The van der Waals surface area contributed by atoms with Crippen LogP contribution in [-0.4, -0.2) is 66.3 Å². The molecule has 228 valence electrons. The van der Waals surface area contributed by atoms with E-state index in [2.05, 4.69) is 0 Å². The molecular formula is C27H28F3NO11. The van der Waals surface area contributed by atoms with Crippen LogP contribution in [0.15, 0.2) is 48.5 Å². The maximum absolute atomic E-state index is 14.4. The SMILES string of the molecule is CC(=O)OC[C@H]1O[C@H](Oc2ccc(C)cc2)[C@H](OC(C)=O)[C@@H](OC(C)=O)[C@H]1OC(c1ccccc1[N+](=O)[O-])C(F)(F)F. The number of nitro benzene ring substituents is 1. The van der Waals surface area contributed by atoms with Crippen molar-refractivity contribution in [1.82, 2.24) is 0 Å². The molecule has 1 unspecified atom stereocenters. The van der Waals surface area contributed by atoms with Gasteiger partial charge in [-0.1, -0.05) is 29.8 Å². The van der Waals surface area contributed by atoms with Crippen LogP contribution in [0.3, 0.4) is 0 Å². The summed E-state index contributed by atoms with van der Waals surface area (Å²) in [5.74, 6) is -2.56. The second kappa shape index (κ2) is 13.6. The van der Waals surface area contributed by atoms with Gasteiger partial charge in [0.05, 0.1) is 10.5 Å². The summed E-state index contributed by atoms with van der Waals surface area (Å²) in [5, 5.41) is 11.6. The van der Waals surface area contributed by atoms with Crippen molar-refractivity contribution in [3.8, 4) is 5.75 Å². The van der Waals surface area contributed by atoms with Gasteiger partial charge in [-0.25, -0.2) is 0 Å². The van der Waals surface area contributed by atoms with E-state index in [4.69, 9.17) is 28.4 Å². The zero-order valence-corrected chi connectivity index (χ0v) is 22.9. The second-order valence-corrected chi connectivity index (χ2v) is 9.26.